The van der Waals surface area contributed by atoms with Crippen molar-refractivity contribution in [1.29, 1.82) is 0 Å². The molecule has 5 aromatic rings. The van der Waals surface area contributed by atoms with Crippen LogP contribution in [0.5, 0.6) is 0 Å². The molecule has 3 aromatic heterocycles. The van der Waals surface area contributed by atoms with Crippen LogP contribution in [0, 0.1) is 5.82 Å². The SMILES string of the molecule is Fc1ccccc1-c1nnc2ccc(NCc3ccc(-c4cccnc4)cc3)nn12. The van der Waals surface area contributed by atoms with Crippen LogP contribution in [0.3, 0.4) is 0 Å². The molecule has 6 nitrogen and oxygen atoms in total. The highest BCUT2D eigenvalue weighted by Crippen LogP contribution is 2.22. The molecule has 0 bridgehead atoms. The summed E-state index contributed by atoms with van der Waals surface area (Å²) >= 11 is 0. The van der Waals surface area contributed by atoms with E-state index in [0.29, 0.717) is 29.4 Å². The van der Waals surface area contributed by atoms with E-state index < -0.39 is 0 Å². The van der Waals surface area contributed by atoms with Crippen molar-refractivity contribution in [2.75, 3.05) is 5.32 Å². The van der Waals surface area contributed by atoms with Crippen molar-refractivity contribution in [2.24, 2.45) is 0 Å². The number of hydrogen-bond donors (Lipinski definition) is 1. The molecule has 2 aromatic carbocycles. The number of halogens is 1. The first kappa shape index (κ1) is 17.9. The molecule has 3 heterocycles. The highest BCUT2D eigenvalue weighted by Gasteiger charge is 2.13. The first-order chi connectivity index (χ1) is 14.8. The number of fused-ring (bicyclic) bond motifs is 1. The van der Waals surface area contributed by atoms with Gasteiger partial charge in [0.2, 0.25) is 0 Å². The van der Waals surface area contributed by atoms with Crippen molar-refractivity contribution < 1.29 is 4.39 Å². The van der Waals surface area contributed by atoms with E-state index in [-0.39, 0.29) is 5.82 Å². The molecule has 0 atom stereocenters. The van der Waals surface area contributed by atoms with Gasteiger partial charge in [-0.2, -0.15) is 4.52 Å². The van der Waals surface area contributed by atoms with Crippen LogP contribution in [0.1, 0.15) is 5.56 Å². The molecule has 0 aliphatic rings. The van der Waals surface area contributed by atoms with Gasteiger partial charge in [-0.15, -0.1) is 15.3 Å². The topological polar surface area (TPSA) is 68.0 Å². The fourth-order valence-corrected chi connectivity index (χ4v) is 3.23. The Bertz CT molecular complexity index is 1300. The van der Waals surface area contributed by atoms with E-state index in [2.05, 4.69) is 49.9 Å². The average molecular weight is 396 g/mol. The van der Waals surface area contributed by atoms with Gasteiger partial charge in [0.05, 0.1) is 5.56 Å². The molecule has 0 aliphatic heterocycles. The zero-order valence-electron chi connectivity index (χ0n) is 15.9. The number of aromatic nitrogens is 5. The molecule has 7 heteroatoms. The number of nitrogens with one attached hydrogen (secondary N) is 1. The first-order valence-electron chi connectivity index (χ1n) is 9.48. The maximum absolute atomic E-state index is 14.2. The van der Waals surface area contributed by atoms with Gasteiger partial charge in [-0.3, -0.25) is 4.98 Å². The smallest absolute Gasteiger partial charge is 0.188 e. The quantitative estimate of drug-likeness (QED) is 0.470. The maximum Gasteiger partial charge on any atom is 0.188 e. The van der Waals surface area contributed by atoms with Crippen LogP contribution < -0.4 is 5.32 Å². The van der Waals surface area contributed by atoms with Crippen LogP contribution in [-0.4, -0.2) is 24.8 Å². The third-order valence-corrected chi connectivity index (χ3v) is 4.80. The molecule has 30 heavy (non-hydrogen) atoms. The van der Waals surface area contributed by atoms with Gasteiger partial charge in [0.25, 0.3) is 0 Å². The Morgan fingerprint density at radius 3 is 2.50 bits per heavy atom. The Morgan fingerprint density at radius 2 is 1.70 bits per heavy atom. The van der Waals surface area contributed by atoms with Crippen LogP contribution in [0.2, 0.25) is 0 Å². The summed E-state index contributed by atoms with van der Waals surface area (Å²) in [6.07, 6.45) is 3.61. The van der Waals surface area contributed by atoms with Gasteiger partial charge in [0, 0.05) is 18.9 Å². The molecule has 146 valence electrons. The van der Waals surface area contributed by atoms with E-state index in [1.807, 2.05) is 24.4 Å². The van der Waals surface area contributed by atoms with Gasteiger partial charge < -0.3 is 5.32 Å². The number of pyridine rings is 1. The normalized spacial score (nSPS) is 11.0. The Hall–Kier alpha value is -4.13. The van der Waals surface area contributed by atoms with Crippen LogP contribution in [0.4, 0.5) is 10.2 Å². The Morgan fingerprint density at radius 1 is 0.833 bits per heavy atom. The molecule has 0 fully saturated rings. The average Bonchev–Trinajstić information content (AvgIpc) is 3.22. The monoisotopic (exact) mass is 396 g/mol. The fraction of sp³-hybridized carbons (Fsp3) is 0.0435. The van der Waals surface area contributed by atoms with Crippen LogP contribution in [-0.2, 0) is 6.54 Å². The number of benzene rings is 2. The van der Waals surface area contributed by atoms with Crippen LogP contribution in [0.25, 0.3) is 28.2 Å². The van der Waals surface area contributed by atoms with Crippen molar-refractivity contribution >= 4 is 11.5 Å². The maximum atomic E-state index is 14.2. The molecule has 0 unspecified atom stereocenters. The van der Waals surface area contributed by atoms with Crippen molar-refractivity contribution in [3.05, 3.63) is 96.6 Å². The number of hydrogen-bond acceptors (Lipinski definition) is 5. The Labute approximate surface area is 172 Å². The van der Waals surface area contributed by atoms with Crippen LogP contribution >= 0.6 is 0 Å². The van der Waals surface area contributed by atoms with E-state index in [4.69, 9.17) is 0 Å². The van der Waals surface area contributed by atoms with Gasteiger partial charge in [-0.1, -0.05) is 42.5 Å². The van der Waals surface area contributed by atoms with Crippen molar-refractivity contribution in [2.45, 2.75) is 6.54 Å². The summed E-state index contributed by atoms with van der Waals surface area (Å²) in [5.74, 6) is 0.657. The van der Waals surface area contributed by atoms with Crippen molar-refractivity contribution in [3.63, 3.8) is 0 Å². The number of nitrogens with zero attached hydrogens (tertiary/aromatic N) is 5. The summed E-state index contributed by atoms with van der Waals surface area (Å²) in [5.41, 5.74) is 4.23. The molecular weight excluding hydrogens is 379 g/mol. The van der Waals surface area contributed by atoms with E-state index in [0.717, 1.165) is 16.7 Å². The zero-order chi connectivity index (χ0) is 20.3. The summed E-state index contributed by atoms with van der Waals surface area (Å²) in [5, 5.41) is 16.0. The Balaban J connectivity index is 1.36. The molecule has 5 rings (SSSR count). The van der Waals surface area contributed by atoms with Crippen LogP contribution in [0.15, 0.2) is 85.2 Å². The predicted molar refractivity (Wildman–Crippen MR) is 113 cm³/mol. The second-order valence-electron chi connectivity index (χ2n) is 6.78. The molecule has 0 saturated carbocycles. The summed E-state index contributed by atoms with van der Waals surface area (Å²) < 4.78 is 15.7. The van der Waals surface area contributed by atoms with Gasteiger partial charge >= 0.3 is 0 Å². The molecule has 0 amide bonds. The molecule has 0 radical (unpaired) electrons. The third kappa shape index (κ3) is 3.48. The standard InChI is InChI=1S/C23H17FN6/c24-20-6-2-1-5-19(20)23-28-27-22-12-11-21(29-30(22)23)26-14-16-7-9-17(10-8-16)18-4-3-13-25-15-18/h1-13,15H,14H2,(H,26,29). The van der Waals surface area contributed by atoms with E-state index >= 15 is 0 Å². The number of rotatable bonds is 5. The van der Waals surface area contributed by atoms with E-state index in [1.165, 1.54) is 6.07 Å². The molecular formula is C23H17FN6. The third-order valence-electron chi connectivity index (χ3n) is 4.80. The minimum Gasteiger partial charge on any atom is -0.365 e. The minimum absolute atomic E-state index is 0.360. The lowest BCUT2D eigenvalue weighted by Crippen LogP contribution is -2.05. The summed E-state index contributed by atoms with van der Waals surface area (Å²) in [6.45, 7) is 0.600. The fourth-order valence-electron chi connectivity index (χ4n) is 3.23. The summed E-state index contributed by atoms with van der Waals surface area (Å²) in [7, 11) is 0. The van der Waals surface area contributed by atoms with E-state index in [1.54, 1.807) is 35.0 Å². The zero-order valence-corrected chi connectivity index (χ0v) is 15.9. The van der Waals surface area contributed by atoms with Crippen molar-refractivity contribution in [1.82, 2.24) is 24.8 Å². The molecule has 1 N–H and O–H groups in total. The molecule has 0 saturated heterocycles. The first-order valence-corrected chi connectivity index (χ1v) is 9.48. The number of anilines is 1. The highest BCUT2D eigenvalue weighted by molar-refractivity contribution is 5.63. The Kier molecular flexibility index (Phi) is 4.61. The summed E-state index contributed by atoms with van der Waals surface area (Å²) in [4.78, 5) is 4.16. The lowest BCUT2D eigenvalue weighted by Gasteiger charge is -2.08. The minimum atomic E-state index is -0.360. The van der Waals surface area contributed by atoms with E-state index in [9.17, 15) is 4.39 Å². The van der Waals surface area contributed by atoms with Gasteiger partial charge in [-0.05, 0) is 47.0 Å². The predicted octanol–water partition coefficient (Wildman–Crippen LogP) is 4.60. The molecule has 0 aliphatic carbocycles. The van der Waals surface area contributed by atoms with Crippen molar-refractivity contribution in [3.8, 4) is 22.5 Å². The largest absolute Gasteiger partial charge is 0.365 e. The van der Waals surface area contributed by atoms with Gasteiger partial charge in [-0.25, -0.2) is 4.39 Å². The van der Waals surface area contributed by atoms with Gasteiger partial charge in [0.15, 0.2) is 11.5 Å². The van der Waals surface area contributed by atoms with Gasteiger partial charge in [0.1, 0.15) is 11.6 Å². The lowest BCUT2D eigenvalue weighted by molar-refractivity contribution is 0.629. The summed E-state index contributed by atoms with van der Waals surface area (Å²) in [6, 6.07) is 22.3. The second kappa shape index (κ2) is 7.71. The lowest BCUT2D eigenvalue weighted by atomic mass is 10.1. The second-order valence-corrected chi connectivity index (χ2v) is 6.78. The highest BCUT2D eigenvalue weighted by atomic mass is 19.1. The molecule has 0 spiro atoms.